The van der Waals surface area contributed by atoms with E-state index < -0.39 is 0 Å². The number of aromatic amines is 1. The Bertz CT molecular complexity index is 529. The van der Waals surface area contributed by atoms with Crippen molar-refractivity contribution in [2.75, 3.05) is 5.32 Å². The maximum atomic E-state index is 11.6. The number of hydrogen-bond acceptors (Lipinski definition) is 3. The number of thiophene rings is 1. The predicted octanol–water partition coefficient (Wildman–Crippen LogP) is 2.25. The Morgan fingerprint density at radius 3 is 3.19 bits per heavy atom. The molecule has 82 valence electrons. The lowest BCUT2D eigenvalue weighted by Crippen LogP contribution is -2.23. The minimum atomic E-state index is 0.0372. The average molecular weight is 233 g/mol. The van der Waals surface area contributed by atoms with Crippen molar-refractivity contribution in [2.45, 2.75) is 19.3 Å². The van der Waals surface area contributed by atoms with Crippen molar-refractivity contribution in [3.63, 3.8) is 0 Å². The molecular formula is C11H11N3OS. The molecule has 1 aliphatic heterocycles. The number of aryl methyl sites for hydroxylation is 1. The van der Waals surface area contributed by atoms with E-state index in [1.165, 1.54) is 5.56 Å². The second-order valence-electron chi connectivity index (χ2n) is 3.97. The van der Waals surface area contributed by atoms with Gasteiger partial charge in [0.15, 0.2) is 5.82 Å². The van der Waals surface area contributed by atoms with E-state index >= 15 is 0 Å². The molecule has 2 N–H and O–H groups in total. The predicted molar refractivity (Wildman–Crippen MR) is 62.7 cm³/mol. The molecule has 0 bridgehead atoms. The molecule has 3 heterocycles. The molecule has 1 atom stereocenters. The number of nitrogens with one attached hydrogen (secondary N) is 2. The molecule has 0 spiro atoms. The van der Waals surface area contributed by atoms with Crippen molar-refractivity contribution < 1.29 is 4.79 Å². The van der Waals surface area contributed by atoms with Crippen LogP contribution in [0.15, 0.2) is 16.8 Å². The van der Waals surface area contributed by atoms with Gasteiger partial charge in [-0.1, -0.05) is 0 Å². The number of fused-ring (bicyclic) bond motifs is 1. The number of carbonyl (C=O) groups is 1. The zero-order chi connectivity index (χ0) is 11.1. The van der Waals surface area contributed by atoms with Crippen molar-refractivity contribution >= 4 is 23.1 Å². The third-order valence-electron chi connectivity index (χ3n) is 2.94. The molecule has 0 saturated heterocycles. The SMILES string of the molecule is Cc1[nH]nc2c1C(c1ccsc1)CC(=O)N2. The van der Waals surface area contributed by atoms with Gasteiger partial charge in [-0.3, -0.25) is 9.89 Å². The minimum absolute atomic E-state index is 0.0372. The molecule has 2 aromatic rings. The Morgan fingerprint density at radius 1 is 1.56 bits per heavy atom. The number of hydrogen-bond donors (Lipinski definition) is 2. The van der Waals surface area contributed by atoms with Crippen LogP contribution in [0.1, 0.15) is 29.2 Å². The van der Waals surface area contributed by atoms with E-state index in [1.54, 1.807) is 11.3 Å². The largest absolute Gasteiger partial charge is 0.309 e. The van der Waals surface area contributed by atoms with Gasteiger partial charge in [-0.2, -0.15) is 16.4 Å². The zero-order valence-electron chi connectivity index (χ0n) is 8.78. The topological polar surface area (TPSA) is 57.8 Å². The first-order valence-corrected chi connectivity index (χ1v) is 6.07. The Hall–Kier alpha value is -1.62. The second-order valence-corrected chi connectivity index (χ2v) is 4.75. The normalized spacial score (nSPS) is 19.3. The standard InChI is InChI=1S/C11H11N3OS/c1-6-10-8(7-2-3-16-5-7)4-9(15)12-11(10)14-13-6/h2-3,5,8H,4H2,1H3,(H2,12,13,14,15). The van der Waals surface area contributed by atoms with Crippen LogP contribution in [0.3, 0.4) is 0 Å². The Morgan fingerprint density at radius 2 is 2.44 bits per heavy atom. The van der Waals surface area contributed by atoms with E-state index in [0.717, 1.165) is 11.3 Å². The third-order valence-corrected chi connectivity index (χ3v) is 3.64. The summed E-state index contributed by atoms with van der Waals surface area (Å²) in [7, 11) is 0. The molecule has 1 unspecified atom stereocenters. The van der Waals surface area contributed by atoms with Gasteiger partial charge in [-0.05, 0) is 29.3 Å². The fourth-order valence-electron chi connectivity index (χ4n) is 2.19. The second kappa shape index (κ2) is 3.45. The van der Waals surface area contributed by atoms with Crippen molar-refractivity contribution in [3.05, 3.63) is 33.6 Å². The van der Waals surface area contributed by atoms with Crippen LogP contribution in [0, 0.1) is 6.92 Å². The smallest absolute Gasteiger partial charge is 0.226 e. The van der Waals surface area contributed by atoms with Crippen LogP contribution in [-0.2, 0) is 4.79 Å². The lowest BCUT2D eigenvalue weighted by atomic mass is 9.87. The average Bonchev–Trinajstić information content (AvgIpc) is 2.87. The highest BCUT2D eigenvalue weighted by Crippen LogP contribution is 2.38. The summed E-state index contributed by atoms with van der Waals surface area (Å²) < 4.78 is 0. The first-order valence-electron chi connectivity index (χ1n) is 5.12. The highest BCUT2D eigenvalue weighted by atomic mass is 32.1. The van der Waals surface area contributed by atoms with Crippen LogP contribution in [0.25, 0.3) is 0 Å². The maximum Gasteiger partial charge on any atom is 0.226 e. The number of rotatable bonds is 1. The minimum Gasteiger partial charge on any atom is -0.309 e. The monoisotopic (exact) mass is 233 g/mol. The van der Waals surface area contributed by atoms with Gasteiger partial charge in [-0.15, -0.1) is 0 Å². The summed E-state index contributed by atoms with van der Waals surface area (Å²) in [6.07, 6.45) is 0.504. The van der Waals surface area contributed by atoms with Gasteiger partial charge < -0.3 is 5.32 Å². The summed E-state index contributed by atoms with van der Waals surface area (Å²) in [4.78, 5) is 11.6. The molecule has 0 saturated carbocycles. The van der Waals surface area contributed by atoms with E-state index in [0.29, 0.717) is 12.2 Å². The number of H-pyrrole nitrogens is 1. The molecule has 1 aliphatic rings. The lowest BCUT2D eigenvalue weighted by Gasteiger charge is -2.21. The molecule has 16 heavy (non-hydrogen) atoms. The molecule has 2 aromatic heterocycles. The summed E-state index contributed by atoms with van der Waals surface area (Å²) in [5.41, 5.74) is 3.36. The first-order chi connectivity index (χ1) is 7.75. The molecule has 0 fully saturated rings. The summed E-state index contributed by atoms with van der Waals surface area (Å²) in [5.74, 6) is 0.869. The molecule has 4 nitrogen and oxygen atoms in total. The van der Waals surface area contributed by atoms with Crippen molar-refractivity contribution in [1.82, 2.24) is 10.2 Å². The van der Waals surface area contributed by atoms with Crippen molar-refractivity contribution in [1.29, 1.82) is 0 Å². The van der Waals surface area contributed by atoms with Gasteiger partial charge in [0, 0.05) is 23.6 Å². The van der Waals surface area contributed by atoms with Gasteiger partial charge in [0.2, 0.25) is 5.91 Å². The Labute approximate surface area is 96.7 Å². The van der Waals surface area contributed by atoms with Crippen LogP contribution in [0.4, 0.5) is 5.82 Å². The number of amides is 1. The highest BCUT2D eigenvalue weighted by molar-refractivity contribution is 7.08. The van der Waals surface area contributed by atoms with E-state index in [9.17, 15) is 4.79 Å². The van der Waals surface area contributed by atoms with Gasteiger partial charge >= 0.3 is 0 Å². The summed E-state index contributed by atoms with van der Waals surface area (Å²) in [6, 6.07) is 2.07. The van der Waals surface area contributed by atoms with Gasteiger partial charge in [0.25, 0.3) is 0 Å². The van der Waals surface area contributed by atoms with Crippen LogP contribution in [0.5, 0.6) is 0 Å². The molecule has 3 rings (SSSR count). The zero-order valence-corrected chi connectivity index (χ0v) is 9.60. The van der Waals surface area contributed by atoms with E-state index in [4.69, 9.17) is 0 Å². The van der Waals surface area contributed by atoms with Crippen molar-refractivity contribution in [2.24, 2.45) is 0 Å². The van der Waals surface area contributed by atoms with Gasteiger partial charge in [0.05, 0.1) is 0 Å². The van der Waals surface area contributed by atoms with E-state index in [1.807, 2.05) is 12.3 Å². The molecule has 0 radical (unpaired) electrons. The number of carbonyl (C=O) groups excluding carboxylic acids is 1. The van der Waals surface area contributed by atoms with Gasteiger partial charge in [0.1, 0.15) is 0 Å². The summed E-state index contributed by atoms with van der Waals surface area (Å²) in [5, 5.41) is 14.0. The van der Waals surface area contributed by atoms with Crippen LogP contribution >= 0.6 is 11.3 Å². The van der Waals surface area contributed by atoms with Crippen molar-refractivity contribution in [3.8, 4) is 0 Å². The fourth-order valence-corrected chi connectivity index (χ4v) is 2.90. The van der Waals surface area contributed by atoms with E-state index in [-0.39, 0.29) is 11.8 Å². The Balaban J connectivity index is 2.13. The molecule has 5 heteroatoms. The molecule has 0 aromatic carbocycles. The van der Waals surface area contributed by atoms with Crippen LogP contribution in [-0.4, -0.2) is 16.1 Å². The summed E-state index contributed by atoms with van der Waals surface area (Å²) >= 11 is 1.66. The molecular weight excluding hydrogens is 222 g/mol. The number of aromatic nitrogens is 2. The van der Waals surface area contributed by atoms with Gasteiger partial charge in [-0.25, -0.2) is 0 Å². The fraction of sp³-hybridized carbons (Fsp3) is 0.273. The third kappa shape index (κ3) is 1.36. The molecule has 1 amide bonds. The number of anilines is 1. The Kier molecular flexibility index (Phi) is 2.07. The first kappa shape index (κ1) is 9.59. The molecule has 0 aliphatic carbocycles. The van der Waals surface area contributed by atoms with Crippen LogP contribution in [0.2, 0.25) is 0 Å². The number of nitrogens with zero attached hydrogens (tertiary/aromatic N) is 1. The lowest BCUT2D eigenvalue weighted by molar-refractivity contribution is -0.116. The van der Waals surface area contributed by atoms with E-state index in [2.05, 4.69) is 27.0 Å². The summed E-state index contributed by atoms with van der Waals surface area (Å²) in [6.45, 7) is 1.99. The van der Waals surface area contributed by atoms with Crippen LogP contribution < -0.4 is 5.32 Å². The quantitative estimate of drug-likeness (QED) is 0.793. The maximum absolute atomic E-state index is 11.6. The highest BCUT2D eigenvalue weighted by Gasteiger charge is 2.30.